The zero-order chi connectivity index (χ0) is 17.0. The second kappa shape index (κ2) is 7.46. The monoisotopic (exact) mass is 365 g/mol. The van der Waals surface area contributed by atoms with Crippen molar-refractivity contribution in [1.29, 1.82) is 0 Å². The first-order valence-electron chi connectivity index (χ1n) is 6.36. The Balaban J connectivity index is 0. The van der Waals surface area contributed by atoms with Crippen LogP contribution in [0, 0.1) is 0 Å². The highest BCUT2D eigenvalue weighted by Crippen LogP contribution is 2.23. The minimum Gasteiger partial charge on any atom is -0.529 e. The van der Waals surface area contributed by atoms with Crippen molar-refractivity contribution in [2.75, 3.05) is 0 Å². The molecule has 0 saturated carbocycles. The average Bonchev–Trinajstić information content (AvgIpc) is 1.90. The molecule has 0 N–H and O–H groups in total. The fourth-order valence-corrected chi connectivity index (χ4v) is 2.35. The van der Waals surface area contributed by atoms with E-state index in [1.807, 2.05) is 0 Å². The maximum absolute atomic E-state index is 12.6. The molecule has 0 aliphatic heterocycles. The van der Waals surface area contributed by atoms with Crippen molar-refractivity contribution in [2.45, 2.75) is 65.1 Å². The second-order valence-corrected chi connectivity index (χ2v) is 23.9. The Morgan fingerprint density at radius 1 is 0.900 bits per heavy atom. The van der Waals surface area contributed by atoms with E-state index in [4.69, 9.17) is 15.5 Å². The Labute approximate surface area is 128 Å². The minimum absolute atomic E-state index is 1.04. The summed E-state index contributed by atoms with van der Waals surface area (Å²) in [5, 5.41) is 0. The molecule has 0 aromatic carbocycles. The van der Waals surface area contributed by atoms with Crippen LogP contribution in [0.25, 0.3) is 0 Å². The molecule has 20 heavy (non-hydrogen) atoms. The first-order valence-corrected chi connectivity index (χ1v) is 17.7. The Bertz CT molecular complexity index is 322. The smallest absolute Gasteiger partial charge is 0.465 e. The highest BCUT2D eigenvalue weighted by atomic mass is 35.6. The lowest BCUT2D eigenvalue weighted by Crippen LogP contribution is -2.39. The average molecular weight is 366 g/mol. The van der Waals surface area contributed by atoms with Crippen molar-refractivity contribution in [3.63, 3.8) is 0 Å². The largest absolute Gasteiger partial charge is 0.529 e. The lowest BCUT2D eigenvalue weighted by Gasteiger charge is -2.24. The van der Waals surface area contributed by atoms with Crippen molar-refractivity contribution < 1.29 is 17.6 Å². The summed E-state index contributed by atoms with van der Waals surface area (Å²) in [5.41, 5.74) is 0. The molecule has 0 rings (SSSR count). The summed E-state index contributed by atoms with van der Waals surface area (Å²) in [4.78, 5) is 0. The van der Waals surface area contributed by atoms with Crippen LogP contribution < -0.4 is 0 Å². The fourth-order valence-electron chi connectivity index (χ4n) is 0.739. The van der Waals surface area contributed by atoms with Crippen LogP contribution in [0.15, 0.2) is 4.66 Å². The summed E-state index contributed by atoms with van der Waals surface area (Å²) in [6.07, 6.45) is -4.47. The molecule has 0 saturated heterocycles. The highest BCUT2D eigenvalue weighted by Gasteiger charge is 2.41. The predicted octanol–water partition coefficient (Wildman–Crippen LogP) is 5.69. The topological polar surface area (TPSA) is 21.6 Å². The van der Waals surface area contributed by atoms with Gasteiger partial charge in [-0.1, -0.05) is 19.6 Å². The summed E-state index contributed by atoms with van der Waals surface area (Å²) in [6.45, 7) is 16.6. The molecule has 9 heteroatoms. The normalized spacial score (nSPS) is 14.6. The van der Waals surface area contributed by atoms with E-state index in [1.165, 1.54) is 0 Å². The number of rotatable bonds is 2. The Kier molecular flexibility index (Phi) is 8.38. The van der Waals surface area contributed by atoms with E-state index in [1.54, 1.807) is 39.3 Å². The van der Waals surface area contributed by atoms with Crippen LogP contribution in [0.4, 0.5) is 13.2 Å². The van der Waals surface area contributed by atoms with Gasteiger partial charge in [0, 0.05) is 0 Å². The van der Waals surface area contributed by atoms with E-state index in [0.717, 1.165) is 0 Å². The Morgan fingerprint density at radius 2 is 1.20 bits per heavy atom. The first kappa shape index (κ1) is 22.5. The standard InChI is InChI=1S/C8H18F3NOSi2.C3H9ClSi/c1-14(2,3)12-7(8(9,10)11)13-15(4,5)6;1-5(2,3)4/h1-6H3;1-3H3/b12-7-;. The molecule has 0 radical (unpaired) electrons. The van der Waals surface area contributed by atoms with Gasteiger partial charge < -0.3 is 4.43 Å². The van der Waals surface area contributed by atoms with Crippen molar-refractivity contribution in [1.82, 2.24) is 0 Å². The lowest BCUT2D eigenvalue weighted by atomic mass is 10.7. The van der Waals surface area contributed by atoms with Crippen LogP contribution in [0.2, 0.25) is 58.9 Å². The van der Waals surface area contributed by atoms with Crippen LogP contribution in [0.5, 0.6) is 0 Å². The van der Waals surface area contributed by atoms with Crippen molar-refractivity contribution in [3.05, 3.63) is 0 Å². The molecule has 0 aliphatic rings. The van der Waals surface area contributed by atoms with E-state index in [9.17, 15) is 13.2 Å². The Hall–Kier alpha value is 0.201. The van der Waals surface area contributed by atoms with Crippen LogP contribution >= 0.6 is 11.1 Å². The molecule has 0 heterocycles. The molecular weight excluding hydrogens is 339 g/mol. The maximum atomic E-state index is 12.6. The third kappa shape index (κ3) is 20.5. The SMILES string of the molecule is C[Si](C)(C)/N=C(\O[Si](C)(C)C)C(F)(F)F.C[Si](C)(C)Cl. The van der Waals surface area contributed by atoms with Crippen LogP contribution in [-0.4, -0.2) is 36.0 Å². The van der Waals surface area contributed by atoms with Gasteiger partial charge in [-0.2, -0.15) is 24.3 Å². The van der Waals surface area contributed by atoms with Crippen LogP contribution in [-0.2, 0) is 4.43 Å². The molecule has 0 aliphatic carbocycles. The van der Waals surface area contributed by atoms with Crippen LogP contribution in [0.3, 0.4) is 0 Å². The van der Waals surface area contributed by atoms with E-state index in [-0.39, 0.29) is 0 Å². The quantitative estimate of drug-likeness (QED) is 0.266. The first-order chi connectivity index (χ1) is 8.31. The third-order valence-corrected chi connectivity index (χ3v) is 2.76. The number of halogens is 4. The molecule has 0 bridgehead atoms. The molecule has 0 aromatic heterocycles. The van der Waals surface area contributed by atoms with Gasteiger partial charge in [-0.15, -0.1) is 0 Å². The van der Waals surface area contributed by atoms with Gasteiger partial charge in [-0.3, -0.25) is 4.66 Å². The predicted molar refractivity (Wildman–Crippen MR) is 90.5 cm³/mol. The molecule has 0 aromatic rings. The van der Waals surface area contributed by atoms with Gasteiger partial charge in [-0.05, 0) is 39.3 Å². The Morgan fingerprint density at radius 3 is 1.35 bits per heavy atom. The number of hydrogen-bond donors (Lipinski definition) is 0. The van der Waals surface area contributed by atoms with Gasteiger partial charge >= 0.3 is 6.18 Å². The molecule has 0 amide bonds. The third-order valence-electron chi connectivity index (χ3n) is 1.08. The molecule has 0 spiro atoms. The fraction of sp³-hybridized carbons (Fsp3) is 0.909. The summed E-state index contributed by atoms with van der Waals surface area (Å²) < 4.78 is 46.4. The molecule has 0 atom stereocenters. The van der Waals surface area contributed by atoms with Gasteiger partial charge in [0.05, 0.1) is 0 Å². The van der Waals surface area contributed by atoms with E-state index >= 15 is 0 Å². The number of alkyl halides is 3. The van der Waals surface area contributed by atoms with Crippen molar-refractivity contribution in [3.8, 4) is 0 Å². The summed E-state index contributed by atoms with van der Waals surface area (Å²) in [7, 11) is -5.56. The van der Waals surface area contributed by atoms with Crippen LogP contribution in [0.1, 0.15) is 0 Å². The molecule has 0 unspecified atom stereocenters. The minimum atomic E-state index is -4.47. The number of nitrogens with zero attached hydrogens (tertiary/aromatic N) is 1. The number of hydrogen-bond acceptors (Lipinski definition) is 2. The van der Waals surface area contributed by atoms with Crippen molar-refractivity contribution >= 4 is 40.9 Å². The summed E-state index contributed by atoms with van der Waals surface area (Å²) >= 11 is 5.67. The maximum Gasteiger partial charge on any atom is 0.465 e. The molecule has 2 nitrogen and oxygen atoms in total. The van der Waals surface area contributed by atoms with Gasteiger partial charge in [0.15, 0.2) is 8.24 Å². The molecule has 0 fully saturated rings. The van der Waals surface area contributed by atoms with Crippen molar-refractivity contribution in [2.24, 2.45) is 4.66 Å². The second-order valence-electron chi connectivity index (χ2n) is 7.37. The highest BCUT2D eigenvalue weighted by molar-refractivity contribution is 7.18. The van der Waals surface area contributed by atoms with Gasteiger partial charge in [-0.25, -0.2) is 0 Å². The van der Waals surface area contributed by atoms with Gasteiger partial charge in [0.1, 0.15) is 7.38 Å². The van der Waals surface area contributed by atoms with E-state index in [0.29, 0.717) is 0 Å². The van der Waals surface area contributed by atoms with Gasteiger partial charge in [0.2, 0.25) is 8.32 Å². The molecular formula is C11H27ClF3NOSi3. The van der Waals surface area contributed by atoms with E-state index < -0.39 is 36.0 Å². The summed E-state index contributed by atoms with van der Waals surface area (Å²) in [6, 6.07) is 0. The summed E-state index contributed by atoms with van der Waals surface area (Å²) in [5.74, 6) is -1.04. The van der Waals surface area contributed by atoms with Gasteiger partial charge in [0.25, 0.3) is 5.90 Å². The van der Waals surface area contributed by atoms with E-state index in [2.05, 4.69) is 24.3 Å². The molecule has 122 valence electrons. The zero-order valence-electron chi connectivity index (χ0n) is 13.9. The lowest BCUT2D eigenvalue weighted by molar-refractivity contribution is -0.0713. The zero-order valence-corrected chi connectivity index (χ0v) is 17.6.